The molecule has 2 aromatic rings. The van der Waals surface area contributed by atoms with Gasteiger partial charge in [0.05, 0.1) is 16.8 Å². The Morgan fingerprint density at radius 2 is 2.32 bits per heavy atom. The lowest BCUT2D eigenvalue weighted by atomic mass is 10.1. The fourth-order valence-corrected chi connectivity index (χ4v) is 2.55. The van der Waals surface area contributed by atoms with Crippen molar-refractivity contribution in [3.63, 3.8) is 0 Å². The Morgan fingerprint density at radius 1 is 1.42 bits per heavy atom. The maximum atomic E-state index is 9.23. The van der Waals surface area contributed by atoms with Crippen LogP contribution in [0.1, 0.15) is 12.0 Å². The number of nitrogens with one attached hydrogen (secondary N) is 2. The van der Waals surface area contributed by atoms with E-state index in [4.69, 9.17) is 0 Å². The molecule has 1 aromatic heterocycles. The summed E-state index contributed by atoms with van der Waals surface area (Å²) in [4.78, 5) is 4.32. The van der Waals surface area contributed by atoms with E-state index in [2.05, 4.69) is 21.7 Å². The van der Waals surface area contributed by atoms with Gasteiger partial charge in [-0.15, -0.1) is 0 Å². The molecule has 1 saturated heterocycles. The molecule has 1 atom stereocenters. The van der Waals surface area contributed by atoms with E-state index in [0.717, 1.165) is 36.2 Å². The summed E-state index contributed by atoms with van der Waals surface area (Å²) in [6.45, 7) is 3.04. The van der Waals surface area contributed by atoms with Crippen LogP contribution in [-0.4, -0.2) is 24.6 Å². The van der Waals surface area contributed by atoms with Gasteiger partial charge in [-0.05, 0) is 31.5 Å². The Hall–Kier alpha value is -2.12. The third-order valence-corrected chi connectivity index (χ3v) is 3.63. The van der Waals surface area contributed by atoms with Crippen molar-refractivity contribution in [2.45, 2.75) is 6.42 Å². The fourth-order valence-electron chi connectivity index (χ4n) is 2.55. The first-order valence-electron chi connectivity index (χ1n) is 6.61. The normalized spacial score (nSPS) is 18.4. The van der Waals surface area contributed by atoms with E-state index in [-0.39, 0.29) is 0 Å². The SMILES string of the molecule is N#Cc1cnc2ccccc2c1NCC1CCNC1. The summed E-state index contributed by atoms with van der Waals surface area (Å²) in [5, 5.41) is 17.1. The number of nitrogens with zero attached hydrogens (tertiary/aromatic N) is 2. The van der Waals surface area contributed by atoms with Gasteiger partial charge in [0.2, 0.25) is 0 Å². The maximum absolute atomic E-state index is 9.23. The van der Waals surface area contributed by atoms with E-state index in [1.165, 1.54) is 6.42 Å². The van der Waals surface area contributed by atoms with Gasteiger partial charge in [-0.3, -0.25) is 4.98 Å². The molecule has 4 nitrogen and oxygen atoms in total. The van der Waals surface area contributed by atoms with E-state index in [0.29, 0.717) is 11.5 Å². The minimum absolute atomic E-state index is 0.615. The first-order valence-corrected chi connectivity index (χ1v) is 6.61. The highest BCUT2D eigenvalue weighted by Crippen LogP contribution is 2.25. The Balaban J connectivity index is 1.93. The van der Waals surface area contributed by atoms with Crippen molar-refractivity contribution in [1.29, 1.82) is 5.26 Å². The summed E-state index contributed by atoms with van der Waals surface area (Å²) in [5.41, 5.74) is 2.46. The molecule has 2 N–H and O–H groups in total. The first kappa shape index (κ1) is 11.9. The predicted molar refractivity (Wildman–Crippen MR) is 75.9 cm³/mol. The summed E-state index contributed by atoms with van der Waals surface area (Å²) < 4.78 is 0. The van der Waals surface area contributed by atoms with Crippen LogP contribution >= 0.6 is 0 Å². The number of nitriles is 1. The molecular weight excluding hydrogens is 236 g/mol. The molecule has 1 aromatic carbocycles. The van der Waals surface area contributed by atoms with Crippen LogP contribution in [0.2, 0.25) is 0 Å². The Morgan fingerprint density at radius 3 is 3.11 bits per heavy atom. The molecule has 19 heavy (non-hydrogen) atoms. The predicted octanol–water partition coefficient (Wildman–Crippen LogP) is 2.13. The minimum atomic E-state index is 0.615. The lowest BCUT2D eigenvalue weighted by Crippen LogP contribution is -2.17. The fraction of sp³-hybridized carbons (Fsp3) is 0.333. The van der Waals surface area contributed by atoms with E-state index in [1.54, 1.807) is 6.20 Å². The minimum Gasteiger partial charge on any atom is -0.383 e. The lowest BCUT2D eigenvalue weighted by Gasteiger charge is -2.14. The number of hydrogen-bond acceptors (Lipinski definition) is 4. The molecule has 1 aliphatic rings. The third-order valence-electron chi connectivity index (χ3n) is 3.63. The van der Waals surface area contributed by atoms with E-state index < -0.39 is 0 Å². The van der Waals surface area contributed by atoms with Gasteiger partial charge < -0.3 is 10.6 Å². The molecule has 4 heteroatoms. The van der Waals surface area contributed by atoms with Crippen molar-refractivity contribution in [3.05, 3.63) is 36.0 Å². The second kappa shape index (κ2) is 5.25. The number of benzene rings is 1. The molecule has 96 valence electrons. The van der Waals surface area contributed by atoms with Gasteiger partial charge >= 0.3 is 0 Å². The highest BCUT2D eigenvalue weighted by atomic mass is 14.9. The standard InChI is InChI=1S/C15H16N4/c16-7-12-10-18-14-4-2-1-3-13(14)15(12)19-9-11-5-6-17-8-11/h1-4,10-11,17H,5-6,8-9H2,(H,18,19). The molecule has 0 radical (unpaired) electrons. The molecule has 0 amide bonds. The summed E-state index contributed by atoms with van der Waals surface area (Å²) in [6, 6.07) is 10.1. The number of para-hydroxylation sites is 1. The van der Waals surface area contributed by atoms with Crippen molar-refractivity contribution in [1.82, 2.24) is 10.3 Å². The molecule has 1 fully saturated rings. The van der Waals surface area contributed by atoms with Gasteiger partial charge in [0, 0.05) is 18.1 Å². The van der Waals surface area contributed by atoms with Crippen LogP contribution in [0.5, 0.6) is 0 Å². The topological polar surface area (TPSA) is 60.7 Å². The van der Waals surface area contributed by atoms with E-state index in [1.807, 2.05) is 24.3 Å². The molecule has 0 spiro atoms. The molecular formula is C15H16N4. The van der Waals surface area contributed by atoms with E-state index in [9.17, 15) is 5.26 Å². The van der Waals surface area contributed by atoms with Crippen LogP contribution in [0.15, 0.2) is 30.5 Å². The average molecular weight is 252 g/mol. The monoisotopic (exact) mass is 252 g/mol. The van der Waals surface area contributed by atoms with Crippen LogP contribution < -0.4 is 10.6 Å². The largest absolute Gasteiger partial charge is 0.383 e. The van der Waals surface area contributed by atoms with Crippen LogP contribution in [-0.2, 0) is 0 Å². The Kier molecular flexibility index (Phi) is 3.30. The van der Waals surface area contributed by atoms with Gasteiger partial charge in [-0.2, -0.15) is 5.26 Å². The number of hydrogen-bond donors (Lipinski definition) is 2. The third kappa shape index (κ3) is 2.38. The number of rotatable bonds is 3. The van der Waals surface area contributed by atoms with Crippen LogP contribution in [0.4, 0.5) is 5.69 Å². The first-order chi connectivity index (χ1) is 9.38. The van der Waals surface area contributed by atoms with Crippen molar-refractivity contribution in [2.24, 2.45) is 5.92 Å². The van der Waals surface area contributed by atoms with Crippen molar-refractivity contribution in [2.75, 3.05) is 25.0 Å². The van der Waals surface area contributed by atoms with Crippen molar-refractivity contribution in [3.8, 4) is 6.07 Å². The number of fused-ring (bicyclic) bond motifs is 1. The zero-order chi connectivity index (χ0) is 13.1. The zero-order valence-electron chi connectivity index (χ0n) is 10.7. The molecule has 2 heterocycles. The quantitative estimate of drug-likeness (QED) is 0.878. The maximum Gasteiger partial charge on any atom is 0.103 e. The molecule has 0 bridgehead atoms. The lowest BCUT2D eigenvalue weighted by molar-refractivity contribution is 0.615. The summed E-state index contributed by atoms with van der Waals surface area (Å²) in [7, 11) is 0. The highest BCUT2D eigenvalue weighted by Gasteiger charge is 2.15. The second-order valence-electron chi connectivity index (χ2n) is 4.92. The second-order valence-corrected chi connectivity index (χ2v) is 4.92. The number of anilines is 1. The van der Waals surface area contributed by atoms with Gasteiger partial charge in [0.15, 0.2) is 0 Å². The molecule has 1 aliphatic heterocycles. The summed E-state index contributed by atoms with van der Waals surface area (Å²) in [6.07, 6.45) is 2.84. The van der Waals surface area contributed by atoms with Gasteiger partial charge in [0.1, 0.15) is 6.07 Å². The van der Waals surface area contributed by atoms with E-state index >= 15 is 0 Å². The van der Waals surface area contributed by atoms with Gasteiger partial charge in [-0.1, -0.05) is 18.2 Å². The zero-order valence-corrected chi connectivity index (χ0v) is 10.7. The van der Waals surface area contributed by atoms with Gasteiger partial charge in [-0.25, -0.2) is 0 Å². The molecule has 0 saturated carbocycles. The molecule has 3 rings (SSSR count). The highest BCUT2D eigenvalue weighted by molar-refractivity contribution is 5.93. The van der Waals surface area contributed by atoms with Crippen molar-refractivity contribution < 1.29 is 0 Å². The van der Waals surface area contributed by atoms with Crippen LogP contribution in [0.25, 0.3) is 10.9 Å². The summed E-state index contributed by atoms with van der Waals surface area (Å²) in [5.74, 6) is 0.637. The van der Waals surface area contributed by atoms with Crippen molar-refractivity contribution >= 4 is 16.6 Å². The van der Waals surface area contributed by atoms with Crippen LogP contribution in [0, 0.1) is 17.2 Å². The number of aromatic nitrogens is 1. The van der Waals surface area contributed by atoms with Crippen LogP contribution in [0.3, 0.4) is 0 Å². The molecule has 0 aliphatic carbocycles. The summed E-state index contributed by atoms with van der Waals surface area (Å²) >= 11 is 0. The smallest absolute Gasteiger partial charge is 0.103 e. The van der Waals surface area contributed by atoms with Gasteiger partial charge in [0.25, 0.3) is 0 Å². The Bertz CT molecular complexity index is 624. The molecule has 1 unspecified atom stereocenters. The average Bonchev–Trinajstić information content (AvgIpc) is 2.97. The Labute approximate surface area is 112 Å². The number of pyridine rings is 1.